The van der Waals surface area contributed by atoms with Crippen LogP contribution in [0.5, 0.6) is 0 Å². The van der Waals surface area contributed by atoms with E-state index in [4.69, 9.17) is 9.47 Å². The number of amides is 2. The first-order valence-corrected chi connectivity index (χ1v) is 14.5. The van der Waals surface area contributed by atoms with Crippen LogP contribution in [0.4, 0.5) is 26.3 Å². The van der Waals surface area contributed by atoms with Crippen molar-refractivity contribution in [2.75, 3.05) is 0 Å². The minimum absolute atomic E-state index is 0.109. The molecule has 0 spiro atoms. The molecule has 0 radical (unpaired) electrons. The Hall–Kier alpha value is -4.68. The quantitative estimate of drug-likeness (QED) is 0.206. The van der Waals surface area contributed by atoms with E-state index in [0.29, 0.717) is 0 Å². The van der Waals surface area contributed by atoms with Crippen LogP contribution in [0.2, 0.25) is 0 Å². The summed E-state index contributed by atoms with van der Waals surface area (Å²) in [6.07, 6.45) is -14.2. The molecule has 2 N–H and O–H groups in total. The molecule has 0 saturated carbocycles. The van der Waals surface area contributed by atoms with Crippen molar-refractivity contribution in [2.45, 2.75) is 55.3 Å². The fourth-order valence-electron chi connectivity index (χ4n) is 6.12. The molecular weight excluding hydrogens is 626 g/mol. The van der Waals surface area contributed by atoms with Gasteiger partial charge in [-0.3, -0.25) is 9.59 Å². The second-order valence-electron chi connectivity index (χ2n) is 11.5. The normalized spacial score (nSPS) is 18.4. The minimum atomic E-state index is -5.38. The van der Waals surface area contributed by atoms with Gasteiger partial charge in [0.15, 0.2) is 5.79 Å². The lowest BCUT2D eigenvalue weighted by Gasteiger charge is -2.48. The molecule has 5 rings (SSSR count). The molecule has 1 aliphatic rings. The third kappa shape index (κ3) is 6.48. The Labute approximate surface area is 266 Å². The van der Waals surface area contributed by atoms with Crippen LogP contribution in [0.25, 0.3) is 0 Å². The zero-order chi connectivity index (χ0) is 34.1. The maximum absolute atomic E-state index is 14.1. The second kappa shape index (κ2) is 12.5. The molecule has 2 amide bonds. The van der Waals surface area contributed by atoms with Crippen LogP contribution in [0.3, 0.4) is 0 Å². The van der Waals surface area contributed by atoms with Gasteiger partial charge in [-0.1, -0.05) is 121 Å². The van der Waals surface area contributed by atoms with Crippen molar-refractivity contribution in [3.63, 3.8) is 0 Å². The van der Waals surface area contributed by atoms with Gasteiger partial charge in [0.2, 0.25) is 0 Å². The molecule has 2 atom stereocenters. The van der Waals surface area contributed by atoms with Crippen LogP contribution in [0.15, 0.2) is 121 Å². The predicted molar refractivity (Wildman–Crippen MR) is 160 cm³/mol. The van der Waals surface area contributed by atoms with Gasteiger partial charge in [-0.25, -0.2) is 0 Å². The van der Waals surface area contributed by atoms with Gasteiger partial charge in [-0.2, -0.15) is 26.3 Å². The molecule has 4 aromatic carbocycles. The van der Waals surface area contributed by atoms with Gasteiger partial charge < -0.3 is 20.1 Å². The van der Waals surface area contributed by atoms with Gasteiger partial charge in [0, 0.05) is 0 Å². The standard InChI is InChI=1S/C35H30F6N2O4/c1-31(2)46-27(32(23-15-7-3-8-16-23,24-17-9-4-10-18-24)42-29(44)34(36,37)38)28(47-31)33(25-19-11-5-12-20-25,26-21-13-6-14-22-26)43-30(45)35(39,40)41/h3-22,27-28H,1-2H3,(H,42,44)(H,43,45)/t27-,28-/m1/s1. The van der Waals surface area contributed by atoms with Gasteiger partial charge in [0.25, 0.3) is 0 Å². The van der Waals surface area contributed by atoms with E-state index in [1.807, 2.05) is 0 Å². The number of alkyl halides is 6. The van der Waals surface area contributed by atoms with E-state index in [2.05, 4.69) is 10.6 Å². The molecule has 1 saturated heterocycles. The molecule has 0 aliphatic carbocycles. The van der Waals surface area contributed by atoms with Crippen LogP contribution < -0.4 is 10.6 Å². The average Bonchev–Trinajstić information content (AvgIpc) is 3.38. The lowest BCUT2D eigenvalue weighted by Crippen LogP contribution is -2.67. The number of hydrogen-bond acceptors (Lipinski definition) is 4. The highest BCUT2D eigenvalue weighted by Gasteiger charge is 2.64. The fourth-order valence-corrected chi connectivity index (χ4v) is 6.12. The van der Waals surface area contributed by atoms with Crippen LogP contribution in [0.1, 0.15) is 36.1 Å². The molecular formula is C35H30F6N2O4. The maximum atomic E-state index is 14.1. The first-order chi connectivity index (χ1) is 22.1. The molecule has 1 heterocycles. The maximum Gasteiger partial charge on any atom is 0.471 e. The summed E-state index contributed by atoms with van der Waals surface area (Å²) in [5.41, 5.74) is -4.06. The summed E-state index contributed by atoms with van der Waals surface area (Å²) < 4.78 is 97.7. The Morgan fingerprint density at radius 2 is 0.745 bits per heavy atom. The van der Waals surface area contributed by atoms with Gasteiger partial charge >= 0.3 is 24.2 Å². The van der Waals surface area contributed by atoms with E-state index < -0.39 is 53.2 Å². The Balaban J connectivity index is 1.91. The number of hydrogen-bond donors (Lipinski definition) is 2. The van der Waals surface area contributed by atoms with Gasteiger partial charge in [0.1, 0.15) is 23.3 Å². The van der Waals surface area contributed by atoms with Crippen LogP contribution >= 0.6 is 0 Å². The SMILES string of the molecule is CC1(C)O[C@@H](C(NC(=O)C(F)(F)F)(c2ccccc2)c2ccccc2)[C@H](C(NC(=O)C(F)(F)F)(c2ccccc2)c2ccccc2)O1. The molecule has 6 nitrogen and oxygen atoms in total. The predicted octanol–water partition coefficient (Wildman–Crippen LogP) is 6.75. The molecule has 0 bridgehead atoms. The molecule has 1 aliphatic heterocycles. The fraction of sp³-hybridized carbons (Fsp3) is 0.257. The number of ether oxygens (including phenoxy) is 2. The third-order valence-electron chi connectivity index (χ3n) is 8.00. The zero-order valence-corrected chi connectivity index (χ0v) is 25.1. The Morgan fingerprint density at radius 3 is 0.957 bits per heavy atom. The first-order valence-electron chi connectivity index (χ1n) is 14.5. The van der Waals surface area contributed by atoms with E-state index in [0.717, 1.165) is 0 Å². The topological polar surface area (TPSA) is 76.7 Å². The monoisotopic (exact) mass is 656 g/mol. The Morgan fingerprint density at radius 1 is 0.511 bits per heavy atom. The lowest BCUT2D eigenvalue weighted by atomic mass is 9.68. The molecule has 246 valence electrons. The van der Waals surface area contributed by atoms with Crippen molar-refractivity contribution in [3.05, 3.63) is 144 Å². The molecule has 47 heavy (non-hydrogen) atoms. The largest absolute Gasteiger partial charge is 0.471 e. The molecule has 0 unspecified atom stereocenters. The number of carbonyl (C=O) groups excluding carboxylic acids is 2. The van der Waals surface area contributed by atoms with Crippen molar-refractivity contribution in [1.29, 1.82) is 0 Å². The van der Waals surface area contributed by atoms with E-state index >= 15 is 0 Å². The zero-order valence-electron chi connectivity index (χ0n) is 25.1. The first kappa shape index (κ1) is 33.7. The minimum Gasteiger partial charge on any atom is -0.341 e. The highest BCUT2D eigenvalue weighted by Crippen LogP contribution is 2.51. The van der Waals surface area contributed by atoms with E-state index in [1.54, 1.807) is 24.3 Å². The highest BCUT2D eigenvalue weighted by atomic mass is 19.4. The Kier molecular flexibility index (Phi) is 8.95. The molecule has 0 aromatic heterocycles. The van der Waals surface area contributed by atoms with Crippen molar-refractivity contribution >= 4 is 11.8 Å². The summed E-state index contributed by atoms with van der Waals surface area (Å²) in [5.74, 6) is -6.33. The number of halogens is 6. The highest BCUT2D eigenvalue weighted by molar-refractivity contribution is 5.84. The number of carbonyl (C=O) groups is 2. The third-order valence-corrected chi connectivity index (χ3v) is 8.00. The summed E-state index contributed by atoms with van der Waals surface area (Å²) >= 11 is 0. The van der Waals surface area contributed by atoms with Crippen molar-refractivity contribution in [2.24, 2.45) is 0 Å². The molecule has 4 aromatic rings. The van der Waals surface area contributed by atoms with E-state index in [9.17, 15) is 35.9 Å². The van der Waals surface area contributed by atoms with E-state index in [1.165, 1.54) is 111 Å². The van der Waals surface area contributed by atoms with Crippen molar-refractivity contribution in [1.82, 2.24) is 10.6 Å². The molecule has 1 fully saturated rings. The smallest absolute Gasteiger partial charge is 0.341 e. The van der Waals surface area contributed by atoms with E-state index in [-0.39, 0.29) is 22.3 Å². The van der Waals surface area contributed by atoms with Crippen LogP contribution in [-0.2, 0) is 30.1 Å². The summed E-state index contributed by atoms with van der Waals surface area (Å²) in [6.45, 7) is 2.89. The van der Waals surface area contributed by atoms with Crippen LogP contribution in [-0.4, -0.2) is 42.2 Å². The summed E-state index contributed by atoms with van der Waals surface area (Å²) in [6, 6.07) is 30.5. The summed E-state index contributed by atoms with van der Waals surface area (Å²) in [5, 5.41) is 4.33. The van der Waals surface area contributed by atoms with Gasteiger partial charge in [-0.15, -0.1) is 0 Å². The van der Waals surface area contributed by atoms with Gasteiger partial charge in [-0.05, 0) is 36.1 Å². The van der Waals surface area contributed by atoms with Crippen molar-refractivity contribution in [3.8, 4) is 0 Å². The van der Waals surface area contributed by atoms with Crippen molar-refractivity contribution < 1.29 is 45.4 Å². The molecule has 12 heteroatoms. The lowest BCUT2D eigenvalue weighted by molar-refractivity contribution is -0.179. The average molecular weight is 657 g/mol. The summed E-state index contributed by atoms with van der Waals surface area (Å²) in [4.78, 5) is 26.0. The number of nitrogens with one attached hydrogen (secondary N) is 2. The van der Waals surface area contributed by atoms with Gasteiger partial charge in [0.05, 0.1) is 0 Å². The Bertz CT molecular complexity index is 1480. The second-order valence-corrected chi connectivity index (χ2v) is 11.5. The van der Waals surface area contributed by atoms with Crippen LogP contribution in [0, 0.1) is 0 Å². The summed E-state index contributed by atoms with van der Waals surface area (Å²) in [7, 11) is 0. The number of benzene rings is 4. The number of rotatable bonds is 8.